The van der Waals surface area contributed by atoms with E-state index in [4.69, 9.17) is 0 Å². The average Bonchev–Trinajstić information content (AvgIpc) is 2.67. The number of hydrogen-bond donors (Lipinski definition) is 0. The van der Waals surface area contributed by atoms with Crippen molar-refractivity contribution in [2.45, 2.75) is 65.7 Å². The van der Waals surface area contributed by atoms with E-state index < -0.39 is 0 Å². The Morgan fingerprint density at radius 2 is 1.85 bits per heavy atom. The van der Waals surface area contributed by atoms with Gasteiger partial charge in [-0.2, -0.15) is 0 Å². The molecule has 20 heavy (non-hydrogen) atoms. The van der Waals surface area contributed by atoms with Crippen molar-refractivity contribution in [1.82, 2.24) is 0 Å². The molecule has 3 aliphatic carbocycles. The van der Waals surface area contributed by atoms with Gasteiger partial charge < -0.3 is 0 Å². The highest BCUT2D eigenvalue weighted by Gasteiger charge is 2.48. The number of allylic oxidation sites excluding steroid dienone is 4. The maximum atomic E-state index is 4.62. The van der Waals surface area contributed by atoms with Crippen LogP contribution in [0.15, 0.2) is 36.0 Å². The molecule has 0 amide bonds. The molecule has 3 rings (SSSR count). The van der Waals surface area contributed by atoms with Gasteiger partial charge >= 0.3 is 0 Å². The molecule has 3 aliphatic rings. The Kier molecular flexibility index (Phi) is 3.27. The van der Waals surface area contributed by atoms with Gasteiger partial charge in [-0.15, -0.1) is 0 Å². The summed E-state index contributed by atoms with van der Waals surface area (Å²) >= 11 is 0. The van der Waals surface area contributed by atoms with Gasteiger partial charge in [-0.1, -0.05) is 63.1 Å². The highest BCUT2D eigenvalue weighted by molar-refractivity contribution is 5.36. The monoisotopic (exact) mass is 270 g/mol. The first-order valence-electron chi connectivity index (χ1n) is 8.44. The molecule has 0 spiro atoms. The summed E-state index contributed by atoms with van der Waals surface area (Å²) in [4.78, 5) is 0. The van der Waals surface area contributed by atoms with Crippen LogP contribution >= 0.6 is 0 Å². The van der Waals surface area contributed by atoms with Gasteiger partial charge in [0.25, 0.3) is 0 Å². The largest absolute Gasteiger partial charge is 0.0993 e. The van der Waals surface area contributed by atoms with Crippen molar-refractivity contribution < 1.29 is 0 Å². The van der Waals surface area contributed by atoms with Gasteiger partial charge in [0.1, 0.15) is 0 Å². The molecule has 0 aliphatic heterocycles. The fraction of sp³-hybridized carbons (Fsp3) is 0.700. The third-order valence-electron chi connectivity index (χ3n) is 6.94. The van der Waals surface area contributed by atoms with Crippen molar-refractivity contribution in [3.63, 3.8) is 0 Å². The van der Waals surface area contributed by atoms with Crippen LogP contribution in [0, 0.1) is 22.7 Å². The second kappa shape index (κ2) is 4.61. The van der Waals surface area contributed by atoms with E-state index in [2.05, 4.69) is 40.0 Å². The molecule has 110 valence electrons. The summed E-state index contributed by atoms with van der Waals surface area (Å²) in [5.41, 5.74) is 5.30. The summed E-state index contributed by atoms with van der Waals surface area (Å²) in [6, 6.07) is 0. The van der Waals surface area contributed by atoms with Gasteiger partial charge in [0.05, 0.1) is 0 Å². The summed E-state index contributed by atoms with van der Waals surface area (Å²) in [5.74, 6) is 1.43. The number of fused-ring (bicyclic) bond motifs is 1. The SMILES string of the molecule is C=C1C(C2CCC(=C)C2(C)C)CC=C2CCCCC12C. The van der Waals surface area contributed by atoms with Gasteiger partial charge in [0.2, 0.25) is 0 Å². The van der Waals surface area contributed by atoms with E-state index in [-0.39, 0.29) is 0 Å². The third-order valence-corrected chi connectivity index (χ3v) is 6.94. The Bertz CT molecular complexity index is 476. The lowest BCUT2D eigenvalue weighted by atomic mass is 9.56. The van der Waals surface area contributed by atoms with Gasteiger partial charge in [0.15, 0.2) is 0 Å². The first-order valence-corrected chi connectivity index (χ1v) is 8.44. The summed E-state index contributed by atoms with van der Waals surface area (Å²) in [5, 5.41) is 0. The minimum absolute atomic E-state index is 0.296. The minimum Gasteiger partial charge on any atom is -0.0993 e. The maximum Gasteiger partial charge on any atom is 0.00925 e. The predicted molar refractivity (Wildman–Crippen MR) is 87.6 cm³/mol. The van der Waals surface area contributed by atoms with Crippen molar-refractivity contribution in [3.05, 3.63) is 36.0 Å². The van der Waals surface area contributed by atoms with Crippen LogP contribution in [0.2, 0.25) is 0 Å². The number of hydrogen-bond acceptors (Lipinski definition) is 0. The lowest BCUT2D eigenvalue weighted by Gasteiger charge is -2.48. The van der Waals surface area contributed by atoms with E-state index in [0.717, 1.165) is 5.92 Å². The Balaban J connectivity index is 1.92. The molecule has 0 bridgehead atoms. The molecule has 0 radical (unpaired) electrons. The van der Waals surface area contributed by atoms with Crippen LogP contribution in [0.4, 0.5) is 0 Å². The summed E-state index contributed by atoms with van der Waals surface area (Å²) < 4.78 is 0. The van der Waals surface area contributed by atoms with Crippen molar-refractivity contribution in [1.29, 1.82) is 0 Å². The molecule has 0 aromatic heterocycles. The van der Waals surface area contributed by atoms with Crippen molar-refractivity contribution in [3.8, 4) is 0 Å². The van der Waals surface area contributed by atoms with Crippen LogP contribution < -0.4 is 0 Å². The molecular formula is C20H30. The first kappa shape index (κ1) is 14.2. The molecule has 2 saturated carbocycles. The van der Waals surface area contributed by atoms with E-state index in [9.17, 15) is 0 Å². The first-order chi connectivity index (χ1) is 9.37. The summed E-state index contributed by atoms with van der Waals surface area (Å²) in [7, 11) is 0. The van der Waals surface area contributed by atoms with Crippen LogP contribution in [0.3, 0.4) is 0 Å². The molecule has 2 fully saturated rings. The highest BCUT2D eigenvalue weighted by atomic mass is 14.5. The highest BCUT2D eigenvalue weighted by Crippen LogP contribution is 2.59. The van der Waals surface area contributed by atoms with Crippen LogP contribution in [0.1, 0.15) is 65.7 Å². The van der Waals surface area contributed by atoms with Gasteiger partial charge in [-0.05, 0) is 55.8 Å². The number of rotatable bonds is 1. The Hall–Kier alpha value is -0.780. The zero-order chi connectivity index (χ0) is 14.5. The Morgan fingerprint density at radius 3 is 2.50 bits per heavy atom. The molecule has 0 aromatic carbocycles. The molecule has 3 atom stereocenters. The van der Waals surface area contributed by atoms with Gasteiger partial charge in [-0.3, -0.25) is 0 Å². The van der Waals surface area contributed by atoms with Crippen LogP contribution in [-0.2, 0) is 0 Å². The zero-order valence-electron chi connectivity index (χ0n) is 13.6. The fourth-order valence-corrected chi connectivity index (χ4v) is 5.13. The zero-order valence-corrected chi connectivity index (χ0v) is 13.6. The van der Waals surface area contributed by atoms with E-state index >= 15 is 0 Å². The molecule has 0 nitrogen and oxygen atoms in total. The molecule has 0 N–H and O–H groups in total. The molecule has 0 heteroatoms. The predicted octanol–water partition coefficient (Wildman–Crippen LogP) is 6.06. The molecule has 0 heterocycles. The van der Waals surface area contributed by atoms with Crippen molar-refractivity contribution in [2.75, 3.05) is 0 Å². The van der Waals surface area contributed by atoms with Crippen LogP contribution in [-0.4, -0.2) is 0 Å². The van der Waals surface area contributed by atoms with E-state index in [0.29, 0.717) is 16.7 Å². The van der Waals surface area contributed by atoms with Crippen molar-refractivity contribution in [2.24, 2.45) is 22.7 Å². The lowest BCUT2D eigenvalue weighted by molar-refractivity contribution is 0.190. The molecular weight excluding hydrogens is 240 g/mol. The average molecular weight is 270 g/mol. The smallest absolute Gasteiger partial charge is 0.00925 e. The van der Waals surface area contributed by atoms with Gasteiger partial charge in [0, 0.05) is 5.41 Å². The topological polar surface area (TPSA) is 0 Å². The normalized spacial score (nSPS) is 40.5. The fourth-order valence-electron chi connectivity index (χ4n) is 5.13. The maximum absolute atomic E-state index is 4.62. The van der Waals surface area contributed by atoms with Crippen LogP contribution in [0.5, 0.6) is 0 Å². The summed E-state index contributed by atoms with van der Waals surface area (Å²) in [6.45, 7) is 16.2. The second-order valence-electron chi connectivity index (χ2n) is 8.11. The van der Waals surface area contributed by atoms with E-state index in [1.165, 1.54) is 50.5 Å². The van der Waals surface area contributed by atoms with E-state index in [1.807, 2.05) is 0 Å². The lowest BCUT2D eigenvalue weighted by Crippen LogP contribution is -2.37. The summed E-state index contributed by atoms with van der Waals surface area (Å²) in [6.07, 6.45) is 11.7. The van der Waals surface area contributed by atoms with Crippen LogP contribution in [0.25, 0.3) is 0 Å². The molecule has 3 unspecified atom stereocenters. The third kappa shape index (κ3) is 1.87. The minimum atomic E-state index is 0.296. The Labute approximate surface area is 125 Å². The standard InChI is InChI=1S/C20H30/c1-14-9-12-18(19(14,3)4)17-11-10-16-8-6-7-13-20(16,5)15(17)2/h10,17-18H,1-2,6-9,11-13H2,3-5H3. The van der Waals surface area contributed by atoms with Gasteiger partial charge in [-0.25, -0.2) is 0 Å². The van der Waals surface area contributed by atoms with E-state index in [1.54, 1.807) is 11.1 Å². The Morgan fingerprint density at radius 1 is 1.10 bits per heavy atom. The molecule has 0 saturated heterocycles. The molecule has 0 aromatic rings. The van der Waals surface area contributed by atoms with Crippen molar-refractivity contribution >= 4 is 0 Å². The second-order valence-corrected chi connectivity index (χ2v) is 8.11. The quantitative estimate of drug-likeness (QED) is 0.508.